The summed E-state index contributed by atoms with van der Waals surface area (Å²) in [4.78, 5) is 33.9. The number of piperidine rings is 1. The van der Waals surface area contributed by atoms with Crippen LogP contribution in [-0.2, 0) is 21.2 Å². The molecule has 0 radical (unpaired) electrons. The number of rotatable bonds is 2. The Balaban J connectivity index is 1.79. The van der Waals surface area contributed by atoms with Crippen molar-refractivity contribution in [2.24, 2.45) is 5.92 Å². The fourth-order valence-electron chi connectivity index (χ4n) is 6.13. The van der Waals surface area contributed by atoms with Crippen molar-refractivity contribution in [3.05, 3.63) is 23.3 Å². The quantitative estimate of drug-likeness (QED) is 0.756. The lowest BCUT2D eigenvalue weighted by molar-refractivity contribution is -0.153. The molecule has 2 heterocycles. The van der Waals surface area contributed by atoms with Crippen LogP contribution in [-0.4, -0.2) is 45.7 Å². The van der Waals surface area contributed by atoms with Crippen molar-refractivity contribution in [2.75, 3.05) is 13.6 Å². The summed E-state index contributed by atoms with van der Waals surface area (Å²) in [7, 11) is -2.58. The number of likely N-dealkylation sites (tertiary alicyclic amines) is 1. The number of ketones is 1. The van der Waals surface area contributed by atoms with Crippen LogP contribution in [0.5, 0.6) is 11.5 Å². The molecular weight excluding hydrogens is 357 g/mol. The summed E-state index contributed by atoms with van der Waals surface area (Å²) in [6, 6.07) is 3.79. The molecule has 0 aromatic heterocycles. The van der Waals surface area contributed by atoms with Crippen molar-refractivity contribution in [2.45, 2.75) is 49.7 Å². The summed E-state index contributed by atoms with van der Waals surface area (Å²) >= 11 is 0. The Morgan fingerprint density at radius 1 is 1.38 bits per heavy atom. The molecule has 1 saturated carbocycles. The highest BCUT2D eigenvalue weighted by molar-refractivity contribution is 7.46. The van der Waals surface area contributed by atoms with E-state index in [1.165, 1.54) is 0 Å². The van der Waals surface area contributed by atoms with Gasteiger partial charge >= 0.3 is 7.82 Å². The van der Waals surface area contributed by atoms with E-state index in [4.69, 9.17) is 9.26 Å². The molecule has 1 aromatic rings. The molecule has 4 atom stereocenters. The molecule has 8 heteroatoms. The van der Waals surface area contributed by atoms with Gasteiger partial charge in [-0.25, -0.2) is 4.57 Å². The standard InChI is InChI=1S/C18H22NO6P/c1-17-14(20)6-4-11-12-9-10-3-5-13(25-26(21,22)23)16(24-17)15(10)18(11,17)7-8-19(12)2/h3,5,11-12H,4,6-9H2,1-2H3,(H2,21,22,23)/t11-,12?,17-,18-/m0/s1. The highest BCUT2D eigenvalue weighted by Gasteiger charge is 2.71. The van der Waals surface area contributed by atoms with Crippen molar-refractivity contribution >= 4 is 13.6 Å². The lowest BCUT2D eigenvalue weighted by Crippen LogP contribution is -2.70. The maximum Gasteiger partial charge on any atom is 0.524 e. The van der Waals surface area contributed by atoms with Gasteiger partial charge in [-0.05, 0) is 57.3 Å². The Bertz CT molecular complexity index is 881. The summed E-state index contributed by atoms with van der Waals surface area (Å²) < 4.78 is 22.6. The van der Waals surface area contributed by atoms with Crippen molar-refractivity contribution in [1.82, 2.24) is 4.90 Å². The number of hydrogen-bond acceptors (Lipinski definition) is 5. The minimum atomic E-state index is -4.72. The van der Waals surface area contributed by atoms with Gasteiger partial charge in [0, 0.05) is 18.0 Å². The smallest absolute Gasteiger partial charge is 0.475 e. The van der Waals surface area contributed by atoms with Crippen LogP contribution in [0.3, 0.4) is 0 Å². The van der Waals surface area contributed by atoms with E-state index >= 15 is 0 Å². The number of carbonyl (C=O) groups excluding carboxylic acids is 1. The normalized spacial score (nSPS) is 37.9. The van der Waals surface area contributed by atoms with E-state index in [0.29, 0.717) is 24.1 Å². The van der Waals surface area contributed by atoms with Gasteiger partial charge in [0.25, 0.3) is 0 Å². The van der Waals surface area contributed by atoms with E-state index in [9.17, 15) is 19.1 Å². The van der Waals surface area contributed by atoms with Crippen LogP contribution >= 0.6 is 7.82 Å². The van der Waals surface area contributed by atoms with E-state index < -0.39 is 18.8 Å². The third-order valence-electron chi connectivity index (χ3n) is 7.19. The van der Waals surface area contributed by atoms with Crippen LogP contribution in [0.25, 0.3) is 0 Å². The topological polar surface area (TPSA) is 96.3 Å². The number of carbonyl (C=O) groups is 1. The molecule has 1 unspecified atom stereocenters. The van der Waals surface area contributed by atoms with Gasteiger partial charge in [0.2, 0.25) is 0 Å². The van der Waals surface area contributed by atoms with E-state index in [1.807, 2.05) is 13.0 Å². The first-order chi connectivity index (χ1) is 12.2. The van der Waals surface area contributed by atoms with E-state index in [-0.39, 0.29) is 11.5 Å². The fourth-order valence-corrected chi connectivity index (χ4v) is 6.53. The zero-order valence-corrected chi connectivity index (χ0v) is 15.7. The number of ether oxygens (including phenoxy) is 1. The summed E-state index contributed by atoms with van der Waals surface area (Å²) in [6.07, 6.45) is 2.96. The van der Waals surface area contributed by atoms with E-state index in [1.54, 1.807) is 6.07 Å². The summed E-state index contributed by atoms with van der Waals surface area (Å²) in [5.74, 6) is 0.758. The monoisotopic (exact) mass is 379 g/mol. The number of phosphoric acid groups is 1. The van der Waals surface area contributed by atoms with Gasteiger partial charge < -0.3 is 14.2 Å². The maximum atomic E-state index is 13.0. The van der Waals surface area contributed by atoms with Crippen LogP contribution in [0.15, 0.2) is 12.1 Å². The van der Waals surface area contributed by atoms with Crippen LogP contribution < -0.4 is 9.26 Å². The Hall–Kier alpha value is -1.40. The first-order valence-corrected chi connectivity index (χ1v) is 10.5. The zero-order valence-electron chi connectivity index (χ0n) is 14.8. The molecule has 2 N–H and O–H groups in total. The minimum absolute atomic E-state index is 0.0333. The summed E-state index contributed by atoms with van der Waals surface area (Å²) in [6.45, 7) is 2.73. The van der Waals surface area contributed by atoms with Gasteiger partial charge in [0.15, 0.2) is 22.9 Å². The molecule has 1 spiro atoms. The van der Waals surface area contributed by atoms with Crippen LogP contribution in [0.2, 0.25) is 0 Å². The van der Waals surface area contributed by atoms with Crippen LogP contribution in [0.4, 0.5) is 0 Å². The number of Topliss-reactive ketones (excluding diaryl/α,β-unsaturated/α-hetero) is 1. The van der Waals surface area contributed by atoms with Crippen molar-refractivity contribution in [3.63, 3.8) is 0 Å². The number of phosphoric ester groups is 1. The SMILES string of the molecule is CN1CC[C@]23c4c5ccc(OP(=O)(O)O)c4O[C@@]2(C)C(=O)CC[C@H]3C1C5. The molecule has 2 aliphatic carbocycles. The zero-order chi connectivity index (χ0) is 18.5. The highest BCUT2D eigenvalue weighted by Crippen LogP contribution is 2.67. The molecule has 26 heavy (non-hydrogen) atoms. The number of likely N-dealkylation sites (N-methyl/N-ethyl adjacent to an activating group) is 1. The average Bonchev–Trinajstić information content (AvgIpc) is 2.83. The van der Waals surface area contributed by atoms with E-state index in [2.05, 4.69) is 11.9 Å². The molecule has 5 rings (SSSR count). The van der Waals surface area contributed by atoms with Crippen molar-refractivity contribution < 1.29 is 28.4 Å². The van der Waals surface area contributed by atoms with Gasteiger partial charge in [-0.3, -0.25) is 14.6 Å². The molecule has 2 bridgehead atoms. The number of benzene rings is 1. The second kappa shape index (κ2) is 4.90. The van der Waals surface area contributed by atoms with Gasteiger partial charge in [-0.2, -0.15) is 0 Å². The molecule has 1 saturated heterocycles. The first kappa shape index (κ1) is 16.8. The molecule has 4 aliphatic rings. The molecule has 0 amide bonds. The summed E-state index contributed by atoms with van der Waals surface area (Å²) in [5.41, 5.74) is 0.621. The highest BCUT2D eigenvalue weighted by atomic mass is 31.2. The predicted molar refractivity (Wildman–Crippen MR) is 92.3 cm³/mol. The Labute approximate surface area is 151 Å². The van der Waals surface area contributed by atoms with Gasteiger partial charge in [0.05, 0.1) is 5.41 Å². The third-order valence-corrected chi connectivity index (χ3v) is 7.63. The predicted octanol–water partition coefficient (Wildman–Crippen LogP) is 1.79. The van der Waals surface area contributed by atoms with E-state index in [0.717, 1.165) is 36.9 Å². The third kappa shape index (κ3) is 1.84. The second-order valence-corrected chi connectivity index (χ2v) is 9.35. The van der Waals surface area contributed by atoms with Crippen molar-refractivity contribution in [1.29, 1.82) is 0 Å². The maximum absolute atomic E-state index is 13.0. The first-order valence-electron chi connectivity index (χ1n) is 9.01. The second-order valence-electron chi connectivity index (χ2n) is 8.19. The average molecular weight is 379 g/mol. The van der Waals surface area contributed by atoms with Gasteiger partial charge in [-0.1, -0.05) is 6.07 Å². The Morgan fingerprint density at radius 3 is 2.88 bits per heavy atom. The molecule has 140 valence electrons. The van der Waals surface area contributed by atoms with Crippen LogP contribution in [0, 0.1) is 5.92 Å². The number of nitrogens with zero attached hydrogens (tertiary/aromatic N) is 1. The molecular formula is C18H22NO6P. The van der Waals surface area contributed by atoms with Crippen molar-refractivity contribution in [3.8, 4) is 11.5 Å². The Morgan fingerprint density at radius 2 is 2.15 bits per heavy atom. The van der Waals surface area contributed by atoms with Gasteiger partial charge in [-0.15, -0.1) is 0 Å². The Kier molecular flexibility index (Phi) is 3.16. The van der Waals surface area contributed by atoms with Crippen LogP contribution in [0.1, 0.15) is 37.3 Å². The largest absolute Gasteiger partial charge is 0.524 e. The minimum Gasteiger partial charge on any atom is -0.475 e. The van der Waals surface area contributed by atoms with Gasteiger partial charge in [0.1, 0.15) is 0 Å². The lowest BCUT2D eigenvalue weighted by Gasteiger charge is -2.60. The summed E-state index contributed by atoms with van der Waals surface area (Å²) in [5, 5.41) is 0. The molecule has 2 aliphatic heterocycles. The molecule has 7 nitrogen and oxygen atoms in total. The fraction of sp³-hybridized carbons (Fsp3) is 0.611. The molecule has 2 fully saturated rings. The molecule has 1 aromatic carbocycles. The number of hydrogen-bond donors (Lipinski definition) is 2. The lowest BCUT2D eigenvalue weighted by atomic mass is 9.47.